The highest BCUT2D eigenvalue weighted by molar-refractivity contribution is 6.06. The van der Waals surface area contributed by atoms with Gasteiger partial charge in [-0.2, -0.15) is 0 Å². The lowest BCUT2D eigenvalue weighted by molar-refractivity contribution is 0.374. The van der Waals surface area contributed by atoms with Gasteiger partial charge in [0.1, 0.15) is 5.75 Å². The van der Waals surface area contributed by atoms with Gasteiger partial charge in [-0.15, -0.1) is 0 Å². The maximum atomic E-state index is 10.8. The predicted octanol–water partition coefficient (Wildman–Crippen LogP) is 6.23. The van der Waals surface area contributed by atoms with E-state index >= 15 is 0 Å². The fourth-order valence-corrected chi connectivity index (χ4v) is 4.60. The molecule has 0 fully saturated rings. The minimum absolute atomic E-state index is 0.0694. The zero-order chi connectivity index (χ0) is 20.3. The van der Waals surface area contributed by atoms with E-state index < -0.39 is 0 Å². The highest BCUT2D eigenvalue weighted by Gasteiger charge is 2.37. The van der Waals surface area contributed by atoms with E-state index in [4.69, 9.17) is 4.74 Å². The summed E-state index contributed by atoms with van der Waals surface area (Å²) in [7, 11) is 1.51. The average Bonchev–Trinajstić information content (AvgIpc) is 2.95. The maximum absolute atomic E-state index is 10.8. The molecule has 0 aliphatic heterocycles. The van der Waals surface area contributed by atoms with Gasteiger partial charge < -0.3 is 14.9 Å². The van der Waals surface area contributed by atoms with E-state index in [0.29, 0.717) is 11.1 Å². The third kappa shape index (κ3) is 2.44. The van der Waals surface area contributed by atoms with Crippen LogP contribution in [0.25, 0.3) is 33.0 Å². The fourth-order valence-electron chi connectivity index (χ4n) is 4.60. The van der Waals surface area contributed by atoms with Gasteiger partial charge in [0.2, 0.25) is 0 Å². The highest BCUT2D eigenvalue weighted by atomic mass is 16.5. The molecule has 0 radical (unpaired) electrons. The third-order valence-corrected chi connectivity index (χ3v) is 6.16. The molecule has 0 saturated heterocycles. The van der Waals surface area contributed by atoms with E-state index in [0.717, 1.165) is 22.1 Å². The first-order valence-electron chi connectivity index (χ1n) is 9.69. The Kier molecular flexibility index (Phi) is 3.66. The van der Waals surface area contributed by atoms with Crippen LogP contribution < -0.4 is 4.74 Å². The van der Waals surface area contributed by atoms with Gasteiger partial charge in [0.25, 0.3) is 0 Å². The highest BCUT2D eigenvalue weighted by Crippen LogP contribution is 2.54. The third-order valence-electron chi connectivity index (χ3n) is 6.16. The first kappa shape index (κ1) is 17.6. The number of ether oxygens (including phenoxy) is 1. The molecule has 1 aliphatic carbocycles. The molecule has 0 aromatic heterocycles. The summed E-state index contributed by atoms with van der Waals surface area (Å²) in [4.78, 5) is 0. The molecule has 4 aromatic carbocycles. The van der Waals surface area contributed by atoms with E-state index in [9.17, 15) is 10.2 Å². The molecule has 4 aromatic rings. The summed E-state index contributed by atoms with van der Waals surface area (Å²) >= 11 is 0. The van der Waals surface area contributed by atoms with Gasteiger partial charge in [-0.05, 0) is 63.0 Å². The first-order chi connectivity index (χ1) is 13.9. The molecule has 0 saturated carbocycles. The van der Waals surface area contributed by atoms with Crippen molar-refractivity contribution in [2.75, 3.05) is 7.11 Å². The Bertz CT molecular complexity index is 1270. The number of hydrogen-bond acceptors (Lipinski definition) is 3. The Morgan fingerprint density at radius 1 is 0.724 bits per heavy atom. The summed E-state index contributed by atoms with van der Waals surface area (Å²) in [5.74, 6) is 0.617. The van der Waals surface area contributed by atoms with Crippen molar-refractivity contribution < 1.29 is 14.9 Å². The Hall–Kier alpha value is -3.46. The molecule has 0 atom stereocenters. The lowest BCUT2D eigenvalue weighted by Gasteiger charge is -2.22. The second kappa shape index (κ2) is 6.02. The first-order valence-corrected chi connectivity index (χ1v) is 9.69. The van der Waals surface area contributed by atoms with E-state index in [1.54, 1.807) is 12.1 Å². The molecule has 1 aliphatic rings. The van der Waals surface area contributed by atoms with Gasteiger partial charge >= 0.3 is 0 Å². The van der Waals surface area contributed by atoms with Gasteiger partial charge in [0.15, 0.2) is 11.5 Å². The summed E-state index contributed by atoms with van der Waals surface area (Å²) < 4.78 is 5.24. The van der Waals surface area contributed by atoms with Gasteiger partial charge in [-0.25, -0.2) is 0 Å². The minimum atomic E-state index is -0.267. The van der Waals surface area contributed by atoms with E-state index in [1.165, 1.54) is 23.8 Å². The number of fused-ring (bicyclic) bond motifs is 5. The van der Waals surface area contributed by atoms with Crippen molar-refractivity contribution in [2.45, 2.75) is 19.3 Å². The van der Waals surface area contributed by atoms with Crippen LogP contribution in [-0.2, 0) is 5.41 Å². The van der Waals surface area contributed by atoms with Crippen molar-refractivity contribution in [3.8, 4) is 39.5 Å². The summed E-state index contributed by atoms with van der Waals surface area (Å²) in [5.41, 5.74) is 6.56. The maximum Gasteiger partial charge on any atom is 0.161 e. The summed E-state index contributed by atoms with van der Waals surface area (Å²) in [6.45, 7) is 4.36. The van der Waals surface area contributed by atoms with Crippen molar-refractivity contribution >= 4 is 10.8 Å². The van der Waals surface area contributed by atoms with Crippen molar-refractivity contribution in [1.82, 2.24) is 0 Å². The van der Waals surface area contributed by atoms with Gasteiger partial charge in [-0.1, -0.05) is 56.3 Å². The largest absolute Gasteiger partial charge is 0.507 e. The number of phenolic OH excluding ortho intramolecular Hbond substituents is 2. The molecule has 2 N–H and O–H groups in total. The van der Waals surface area contributed by atoms with Crippen LogP contribution in [-0.4, -0.2) is 17.3 Å². The lowest BCUT2D eigenvalue weighted by atomic mass is 9.81. The number of benzene rings is 4. The standard InChI is InChI=1S/C26H22O3/c1-26(2)20-11-16(15-7-5-4-6-8-15)9-10-17(20)25-19-12-23(28)24(29-3)13-18(19)22(27)14-21(25)26/h4-14,27-28H,1-3H3. The van der Waals surface area contributed by atoms with Crippen molar-refractivity contribution in [1.29, 1.82) is 0 Å². The lowest BCUT2D eigenvalue weighted by Crippen LogP contribution is -2.15. The number of aromatic hydroxyl groups is 2. The normalized spacial score (nSPS) is 13.9. The topological polar surface area (TPSA) is 49.7 Å². The quantitative estimate of drug-likeness (QED) is 0.432. The molecular weight excluding hydrogens is 360 g/mol. The van der Waals surface area contributed by atoms with E-state index in [-0.39, 0.29) is 16.9 Å². The molecule has 0 amide bonds. The molecule has 0 heterocycles. The molecule has 29 heavy (non-hydrogen) atoms. The van der Waals surface area contributed by atoms with Crippen LogP contribution in [0.1, 0.15) is 25.0 Å². The SMILES string of the molecule is COc1cc2c(O)cc3c(c2cc1O)-c1ccc(-c2ccccc2)cc1C3(C)C. The van der Waals surface area contributed by atoms with Crippen molar-refractivity contribution in [2.24, 2.45) is 0 Å². The Labute approximate surface area is 169 Å². The molecular formula is C26H22O3. The predicted molar refractivity (Wildman–Crippen MR) is 117 cm³/mol. The molecule has 3 nitrogen and oxygen atoms in total. The van der Waals surface area contributed by atoms with Gasteiger partial charge in [-0.3, -0.25) is 0 Å². The summed E-state index contributed by atoms with van der Waals surface area (Å²) in [6.07, 6.45) is 0. The molecule has 3 heteroatoms. The van der Waals surface area contributed by atoms with E-state index in [1.807, 2.05) is 24.3 Å². The number of rotatable bonds is 2. The number of methoxy groups -OCH3 is 1. The Morgan fingerprint density at radius 3 is 2.21 bits per heavy atom. The zero-order valence-corrected chi connectivity index (χ0v) is 16.7. The van der Waals surface area contributed by atoms with Crippen molar-refractivity contribution in [3.05, 3.63) is 77.9 Å². The molecule has 0 unspecified atom stereocenters. The number of phenols is 2. The second-order valence-corrected chi connectivity index (χ2v) is 8.14. The summed E-state index contributed by atoms with van der Waals surface area (Å²) in [6, 6.07) is 22.1. The smallest absolute Gasteiger partial charge is 0.161 e. The Balaban J connectivity index is 1.82. The van der Waals surface area contributed by atoms with Crippen LogP contribution in [0.5, 0.6) is 17.2 Å². The van der Waals surface area contributed by atoms with Crippen LogP contribution in [0.15, 0.2) is 66.7 Å². The minimum Gasteiger partial charge on any atom is -0.507 e. The molecule has 0 bridgehead atoms. The van der Waals surface area contributed by atoms with Crippen LogP contribution in [0.2, 0.25) is 0 Å². The molecule has 5 rings (SSSR count). The monoisotopic (exact) mass is 382 g/mol. The number of hydrogen-bond donors (Lipinski definition) is 2. The van der Waals surface area contributed by atoms with Crippen LogP contribution in [0, 0.1) is 0 Å². The average molecular weight is 382 g/mol. The summed E-state index contributed by atoms with van der Waals surface area (Å²) in [5, 5.41) is 22.7. The van der Waals surface area contributed by atoms with Gasteiger partial charge in [0, 0.05) is 10.8 Å². The fraction of sp³-hybridized carbons (Fsp3) is 0.154. The Morgan fingerprint density at radius 2 is 1.48 bits per heavy atom. The van der Waals surface area contributed by atoms with Gasteiger partial charge in [0.05, 0.1) is 7.11 Å². The van der Waals surface area contributed by atoms with Crippen LogP contribution in [0.4, 0.5) is 0 Å². The molecule has 0 spiro atoms. The van der Waals surface area contributed by atoms with Crippen LogP contribution >= 0.6 is 0 Å². The zero-order valence-electron chi connectivity index (χ0n) is 16.7. The van der Waals surface area contributed by atoms with Crippen molar-refractivity contribution in [3.63, 3.8) is 0 Å². The molecule has 144 valence electrons. The van der Waals surface area contributed by atoms with Crippen LogP contribution in [0.3, 0.4) is 0 Å². The second-order valence-electron chi connectivity index (χ2n) is 8.14. The van der Waals surface area contributed by atoms with E-state index in [2.05, 4.69) is 44.2 Å².